The molecule has 0 aliphatic rings. The van der Waals surface area contributed by atoms with E-state index in [1.165, 1.54) is 0 Å². The third kappa shape index (κ3) is 3.37. The van der Waals surface area contributed by atoms with Gasteiger partial charge in [-0.2, -0.15) is 5.10 Å². The maximum Gasteiger partial charge on any atom is 0.0660 e. The zero-order valence-electron chi connectivity index (χ0n) is 11.6. The van der Waals surface area contributed by atoms with Crippen LogP contribution in [0.1, 0.15) is 37.9 Å². The summed E-state index contributed by atoms with van der Waals surface area (Å²) in [5.74, 6) is 0.425. The highest BCUT2D eigenvalue weighted by molar-refractivity contribution is 6.31. The first-order chi connectivity index (χ1) is 8.97. The Balaban J connectivity index is 2.28. The topological polar surface area (TPSA) is 43.8 Å². The molecular formula is C15H20ClN3. The fourth-order valence-corrected chi connectivity index (χ4v) is 2.23. The highest BCUT2D eigenvalue weighted by Crippen LogP contribution is 2.22. The first-order valence-electron chi connectivity index (χ1n) is 6.57. The SMILES string of the molecule is CC(N)Cc1ccc(-n2ccc(C(C)C)n2)cc1Cl. The molecule has 1 aromatic heterocycles. The molecule has 2 N–H and O–H groups in total. The van der Waals surface area contributed by atoms with Crippen LogP contribution in [0.15, 0.2) is 30.5 Å². The smallest absolute Gasteiger partial charge is 0.0660 e. The van der Waals surface area contributed by atoms with Gasteiger partial charge in [-0.1, -0.05) is 31.5 Å². The maximum absolute atomic E-state index is 6.30. The van der Waals surface area contributed by atoms with Crippen molar-refractivity contribution in [1.82, 2.24) is 9.78 Å². The van der Waals surface area contributed by atoms with Crippen molar-refractivity contribution in [3.8, 4) is 5.69 Å². The number of halogens is 1. The van der Waals surface area contributed by atoms with E-state index in [0.29, 0.717) is 5.92 Å². The van der Waals surface area contributed by atoms with Crippen molar-refractivity contribution in [3.63, 3.8) is 0 Å². The van der Waals surface area contributed by atoms with Crippen LogP contribution in [0.3, 0.4) is 0 Å². The quantitative estimate of drug-likeness (QED) is 0.929. The van der Waals surface area contributed by atoms with E-state index in [1.807, 2.05) is 42.1 Å². The fraction of sp³-hybridized carbons (Fsp3) is 0.400. The molecule has 4 heteroatoms. The van der Waals surface area contributed by atoms with Gasteiger partial charge in [0.25, 0.3) is 0 Å². The third-order valence-electron chi connectivity index (χ3n) is 3.04. The molecule has 0 bridgehead atoms. The van der Waals surface area contributed by atoms with Crippen molar-refractivity contribution in [1.29, 1.82) is 0 Å². The van der Waals surface area contributed by atoms with Gasteiger partial charge in [0.2, 0.25) is 0 Å². The first-order valence-corrected chi connectivity index (χ1v) is 6.95. The van der Waals surface area contributed by atoms with Crippen LogP contribution >= 0.6 is 11.6 Å². The summed E-state index contributed by atoms with van der Waals surface area (Å²) in [5.41, 5.74) is 8.94. The fourth-order valence-electron chi connectivity index (χ4n) is 1.98. The first kappa shape index (κ1) is 14.1. The largest absolute Gasteiger partial charge is 0.328 e. The average molecular weight is 278 g/mol. The number of hydrogen-bond acceptors (Lipinski definition) is 2. The Morgan fingerprint density at radius 1 is 1.26 bits per heavy atom. The molecule has 0 radical (unpaired) electrons. The normalized spacial score (nSPS) is 12.9. The number of nitrogens with two attached hydrogens (primary N) is 1. The molecule has 0 fully saturated rings. The Kier molecular flexibility index (Phi) is 4.27. The van der Waals surface area contributed by atoms with E-state index >= 15 is 0 Å². The molecule has 0 amide bonds. The molecule has 2 rings (SSSR count). The Morgan fingerprint density at radius 3 is 2.53 bits per heavy atom. The van der Waals surface area contributed by atoms with Gasteiger partial charge in [0.05, 0.1) is 11.4 Å². The van der Waals surface area contributed by atoms with E-state index in [1.54, 1.807) is 0 Å². The minimum absolute atomic E-state index is 0.112. The lowest BCUT2D eigenvalue weighted by Gasteiger charge is -2.09. The molecule has 0 saturated heterocycles. The van der Waals surface area contributed by atoms with Crippen LogP contribution in [-0.4, -0.2) is 15.8 Å². The summed E-state index contributed by atoms with van der Waals surface area (Å²) in [4.78, 5) is 0. The Morgan fingerprint density at radius 2 is 2.00 bits per heavy atom. The van der Waals surface area contributed by atoms with Gasteiger partial charge in [-0.25, -0.2) is 4.68 Å². The molecular weight excluding hydrogens is 258 g/mol. The van der Waals surface area contributed by atoms with Gasteiger partial charge in [-0.3, -0.25) is 0 Å². The molecule has 3 nitrogen and oxygen atoms in total. The Hall–Kier alpha value is -1.32. The highest BCUT2D eigenvalue weighted by atomic mass is 35.5. The number of benzene rings is 1. The summed E-state index contributed by atoms with van der Waals surface area (Å²) in [7, 11) is 0. The van der Waals surface area contributed by atoms with Crippen molar-refractivity contribution in [3.05, 3.63) is 46.7 Å². The van der Waals surface area contributed by atoms with Gasteiger partial charge < -0.3 is 5.73 Å². The summed E-state index contributed by atoms with van der Waals surface area (Å²) in [6.07, 6.45) is 2.75. The zero-order valence-corrected chi connectivity index (χ0v) is 12.4. The minimum Gasteiger partial charge on any atom is -0.328 e. The van der Waals surface area contributed by atoms with Crippen molar-refractivity contribution in [2.45, 2.75) is 39.2 Å². The van der Waals surface area contributed by atoms with E-state index in [4.69, 9.17) is 17.3 Å². The van der Waals surface area contributed by atoms with Gasteiger partial charge in [0.15, 0.2) is 0 Å². The van der Waals surface area contributed by atoms with Crippen molar-refractivity contribution >= 4 is 11.6 Å². The van der Waals surface area contributed by atoms with E-state index < -0.39 is 0 Å². The molecule has 0 aliphatic heterocycles. The molecule has 1 unspecified atom stereocenters. The number of aromatic nitrogens is 2. The second kappa shape index (κ2) is 5.76. The number of nitrogens with zero attached hydrogens (tertiary/aromatic N) is 2. The average Bonchev–Trinajstić information content (AvgIpc) is 2.80. The Bertz CT molecular complexity index is 558. The molecule has 1 aromatic carbocycles. The van der Waals surface area contributed by atoms with Crippen LogP contribution in [0.5, 0.6) is 0 Å². The Labute approximate surface area is 119 Å². The molecule has 19 heavy (non-hydrogen) atoms. The lowest BCUT2D eigenvalue weighted by atomic mass is 10.1. The summed E-state index contributed by atoms with van der Waals surface area (Å²) in [6, 6.07) is 8.14. The van der Waals surface area contributed by atoms with Crippen molar-refractivity contribution in [2.24, 2.45) is 5.73 Å². The second-order valence-electron chi connectivity index (χ2n) is 5.30. The van der Waals surface area contributed by atoms with E-state index in [9.17, 15) is 0 Å². The summed E-state index contributed by atoms with van der Waals surface area (Å²) >= 11 is 6.30. The third-order valence-corrected chi connectivity index (χ3v) is 3.40. The summed E-state index contributed by atoms with van der Waals surface area (Å²) in [6.45, 7) is 6.24. The molecule has 0 saturated carbocycles. The summed E-state index contributed by atoms with van der Waals surface area (Å²) in [5, 5.41) is 5.29. The van der Waals surface area contributed by atoms with Gasteiger partial charge in [-0.05, 0) is 43.0 Å². The second-order valence-corrected chi connectivity index (χ2v) is 5.70. The van der Waals surface area contributed by atoms with Crippen LogP contribution in [0.25, 0.3) is 5.69 Å². The monoisotopic (exact) mass is 277 g/mol. The predicted molar refractivity (Wildman–Crippen MR) is 80.0 cm³/mol. The van der Waals surface area contributed by atoms with E-state index in [-0.39, 0.29) is 6.04 Å². The zero-order chi connectivity index (χ0) is 14.0. The van der Waals surface area contributed by atoms with Gasteiger partial charge in [0.1, 0.15) is 0 Å². The van der Waals surface area contributed by atoms with Gasteiger partial charge in [0, 0.05) is 17.3 Å². The van der Waals surface area contributed by atoms with Crippen LogP contribution in [0.2, 0.25) is 5.02 Å². The van der Waals surface area contributed by atoms with E-state index in [0.717, 1.165) is 28.4 Å². The highest BCUT2D eigenvalue weighted by Gasteiger charge is 2.08. The molecule has 0 spiro atoms. The van der Waals surface area contributed by atoms with Crippen molar-refractivity contribution < 1.29 is 0 Å². The van der Waals surface area contributed by atoms with Crippen LogP contribution < -0.4 is 5.73 Å². The predicted octanol–water partition coefficient (Wildman–Crippen LogP) is 3.54. The van der Waals surface area contributed by atoms with E-state index in [2.05, 4.69) is 18.9 Å². The van der Waals surface area contributed by atoms with Gasteiger partial charge >= 0.3 is 0 Å². The van der Waals surface area contributed by atoms with Crippen LogP contribution in [0, 0.1) is 0 Å². The minimum atomic E-state index is 0.112. The number of hydrogen-bond donors (Lipinski definition) is 1. The lowest BCUT2D eigenvalue weighted by Crippen LogP contribution is -2.18. The van der Waals surface area contributed by atoms with Crippen molar-refractivity contribution in [2.75, 3.05) is 0 Å². The van der Waals surface area contributed by atoms with Gasteiger partial charge in [-0.15, -0.1) is 0 Å². The lowest BCUT2D eigenvalue weighted by molar-refractivity contribution is 0.737. The maximum atomic E-state index is 6.30. The molecule has 102 valence electrons. The van der Waals surface area contributed by atoms with Crippen LogP contribution in [-0.2, 0) is 6.42 Å². The standard InChI is InChI=1S/C15H20ClN3/c1-10(2)15-6-7-19(18-15)13-5-4-12(8-11(3)17)14(16)9-13/h4-7,9-11H,8,17H2,1-3H3. The summed E-state index contributed by atoms with van der Waals surface area (Å²) < 4.78 is 1.86. The molecule has 0 aliphatic carbocycles. The number of rotatable bonds is 4. The molecule has 1 atom stereocenters. The molecule has 1 heterocycles. The van der Waals surface area contributed by atoms with Crippen LogP contribution in [0.4, 0.5) is 0 Å². The molecule has 2 aromatic rings.